The van der Waals surface area contributed by atoms with E-state index in [1.807, 2.05) is 7.05 Å². The van der Waals surface area contributed by atoms with Crippen LogP contribution in [0.1, 0.15) is 65.2 Å². The van der Waals surface area contributed by atoms with Crippen LogP contribution in [-0.2, 0) is 4.79 Å². The molecule has 6 nitrogen and oxygen atoms in total. The Morgan fingerprint density at radius 2 is 1.86 bits per heavy atom. The number of rotatable bonds is 6. The van der Waals surface area contributed by atoms with Crippen molar-refractivity contribution in [2.24, 2.45) is 16.8 Å². The van der Waals surface area contributed by atoms with Gasteiger partial charge in [-0.2, -0.15) is 0 Å². The molecular weight excluding hydrogens is 350 g/mol. The van der Waals surface area contributed by atoms with Gasteiger partial charge in [0, 0.05) is 51.2 Å². The van der Waals surface area contributed by atoms with Crippen LogP contribution in [-0.4, -0.2) is 73.5 Å². The first kappa shape index (κ1) is 21.4. The van der Waals surface area contributed by atoms with Gasteiger partial charge in [-0.15, -0.1) is 0 Å². The van der Waals surface area contributed by atoms with Crippen LogP contribution in [0.5, 0.6) is 0 Å². The van der Waals surface area contributed by atoms with Gasteiger partial charge in [0.2, 0.25) is 5.91 Å². The van der Waals surface area contributed by atoms with E-state index in [-0.39, 0.29) is 5.92 Å². The van der Waals surface area contributed by atoms with Crippen molar-refractivity contribution in [1.82, 2.24) is 20.4 Å². The number of nitrogens with zero attached hydrogens (tertiary/aromatic N) is 3. The molecule has 2 atom stereocenters. The highest BCUT2D eigenvalue weighted by molar-refractivity contribution is 5.81. The number of amides is 1. The molecule has 3 rings (SSSR count). The molecule has 2 aliphatic heterocycles. The first-order chi connectivity index (χ1) is 13.6. The Morgan fingerprint density at radius 3 is 2.57 bits per heavy atom. The summed E-state index contributed by atoms with van der Waals surface area (Å²) in [5, 5.41) is 7.10. The van der Waals surface area contributed by atoms with Crippen molar-refractivity contribution >= 4 is 11.9 Å². The molecule has 28 heavy (non-hydrogen) atoms. The third-order valence-electron chi connectivity index (χ3n) is 6.62. The summed E-state index contributed by atoms with van der Waals surface area (Å²) in [7, 11) is 1.84. The van der Waals surface area contributed by atoms with E-state index in [2.05, 4.69) is 39.3 Å². The molecule has 1 amide bonds. The quantitative estimate of drug-likeness (QED) is 0.539. The first-order valence-corrected chi connectivity index (χ1v) is 11.6. The number of aliphatic imine (C=N–C) groups is 1. The summed E-state index contributed by atoms with van der Waals surface area (Å²) in [5.74, 6) is 2.26. The Hall–Kier alpha value is -1.30. The lowest BCUT2D eigenvalue weighted by molar-refractivity contribution is -0.135. The monoisotopic (exact) mass is 391 g/mol. The number of carbonyl (C=O) groups excluding carboxylic acids is 1. The van der Waals surface area contributed by atoms with Crippen LogP contribution in [0.3, 0.4) is 0 Å². The predicted molar refractivity (Wildman–Crippen MR) is 115 cm³/mol. The summed E-state index contributed by atoms with van der Waals surface area (Å²) in [6.45, 7) is 9.64. The third-order valence-corrected chi connectivity index (χ3v) is 6.62. The number of hydrogen-bond donors (Lipinski definition) is 2. The Morgan fingerprint density at radius 1 is 1.07 bits per heavy atom. The van der Waals surface area contributed by atoms with Crippen molar-refractivity contribution in [3.63, 3.8) is 0 Å². The minimum Gasteiger partial charge on any atom is -0.355 e. The van der Waals surface area contributed by atoms with E-state index in [0.717, 1.165) is 44.9 Å². The van der Waals surface area contributed by atoms with Crippen molar-refractivity contribution in [3.8, 4) is 0 Å². The summed E-state index contributed by atoms with van der Waals surface area (Å²) in [5.41, 5.74) is 0. The number of guanidine groups is 1. The largest absolute Gasteiger partial charge is 0.355 e. The number of likely N-dealkylation sites (tertiary alicyclic amines) is 2. The van der Waals surface area contributed by atoms with Gasteiger partial charge in [-0.3, -0.25) is 14.7 Å². The molecular formula is C22H41N5O. The van der Waals surface area contributed by atoms with Crippen LogP contribution in [0.15, 0.2) is 4.99 Å². The second-order valence-corrected chi connectivity index (χ2v) is 9.39. The molecule has 0 aromatic heterocycles. The Kier molecular flexibility index (Phi) is 8.00. The zero-order valence-corrected chi connectivity index (χ0v) is 18.3. The minimum absolute atomic E-state index is 0.277. The van der Waals surface area contributed by atoms with Gasteiger partial charge < -0.3 is 15.5 Å². The van der Waals surface area contributed by atoms with Gasteiger partial charge in [0.15, 0.2) is 5.96 Å². The van der Waals surface area contributed by atoms with Gasteiger partial charge in [0.25, 0.3) is 0 Å². The fraction of sp³-hybridized carbons (Fsp3) is 0.909. The van der Waals surface area contributed by atoms with Crippen molar-refractivity contribution in [3.05, 3.63) is 0 Å². The zero-order valence-electron chi connectivity index (χ0n) is 18.3. The highest BCUT2D eigenvalue weighted by atomic mass is 16.2. The smallest absolute Gasteiger partial charge is 0.225 e. The van der Waals surface area contributed by atoms with E-state index in [9.17, 15) is 4.79 Å². The van der Waals surface area contributed by atoms with Crippen LogP contribution < -0.4 is 10.6 Å². The highest BCUT2D eigenvalue weighted by Crippen LogP contribution is 2.26. The van der Waals surface area contributed by atoms with Gasteiger partial charge in [-0.05, 0) is 44.6 Å². The molecule has 0 aromatic carbocycles. The van der Waals surface area contributed by atoms with E-state index >= 15 is 0 Å². The Balaban J connectivity index is 1.42. The van der Waals surface area contributed by atoms with E-state index in [1.54, 1.807) is 0 Å². The highest BCUT2D eigenvalue weighted by Gasteiger charge is 2.32. The van der Waals surface area contributed by atoms with E-state index < -0.39 is 0 Å². The molecule has 0 spiro atoms. The molecule has 1 saturated carbocycles. The molecule has 6 heteroatoms. The van der Waals surface area contributed by atoms with Gasteiger partial charge in [-0.1, -0.05) is 33.1 Å². The SMILES string of the molecule is CN=C(NC[C@H]1CCCN1CC(C)C)NC1CCN(C(=O)C2CCCCC2)C1. The maximum Gasteiger partial charge on any atom is 0.225 e. The van der Waals surface area contributed by atoms with Crippen LogP contribution in [0.2, 0.25) is 0 Å². The molecule has 3 aliphatic rings. The third kappa shape index (κ3) is 5.85. The van der Waals surface area contributed by atoms with Crippen LogP contribution >= 0.6 is 0 Å². The lowest BCUT2D eigenvalue weighted by Crippen LogP contribution is -2.49. The van der Waals surface area contributed by atoms with Crippen LogP contribution in [0.25, 0.3) is 0 Å². The predicted octanol–water partition coefficient (Wildman–Crippen LogP) is 2.45. The Labute approximate surface area is 171 Å². The lowest BCUT2D eigenvalue weighted by Gasteiger charge is -2.28. The molecule has 2 heterocycles. The van der Waals surface area contributed by atoms with Gasteiger partial charge in [-0.25, -0.2) is 0 Å². The molecule has 0 aromatic rings. The topological polar surface area (TPSA) is 60.0 Å². The van der Waals surface area contributed by atoms with E-state index in [1.165, 1.54) is 45.2 Å². The number of nitrogens with one attached hydrogen (secondary N) is 2. The summed E-state index contributed by atoms with van der Waals surface area (Å²) >= 11 is 0. The average Bonchev–Trinajstić information content (AvgIpc) is 3.34. The van der Waals surface area contributed by atoms with Gasteiger partial charge in [0.1, 0.15) is 0 Å². The van der Waals surface area contributed by atoms with Crippen molar-refractivity contribution in [2.75, 3.05) is 39.8 Å². The van der Waals surface area contributed by atoms with E-state index in [4.69, 9.17) is 0 Å². The molecule has 1 unspecified atom stereocenters. The number of hydrogen-bond acceptors (Lipinski definition) is 3. The van der Waals surface area contributed by atoms with Crippen LogP contribution in [0.4, 0.5) is 0 Å². The van der Waals surface area contributed by atoms with Crippen molar-refractivity contribution < 1.29 is 4.79 Å². The molecule has 0 radical (unpaired) electrons. The fourth-order valence-corrected chi connectivity index (χ4v) is 5.12. The van der Waals surface area contributed by atoms with E-state index in [0.29, 0.717) is 23.9 Å². The molecule has 2 saturated heterocycles. The molecule has 3 fully saturated rings. The molecule has 2 N–H and O–H groups in total. The minimum atomic E-state index is 0.277. The second-order valence-electron chi connectivity index (χ2n) is 9.39. The summed E-state index contributed by atoms with van der Waals surface area (Å²) < 4.78 is 0. The Bertz CT molecular complexity index is 529. The van der Waals surface area contributed by atoms with Crippen molar-refractivity contribution in [2.45, 2.75) is 77.3 Å². The van der Waals surface area contributed by atoms with Crippen LogP contribution in [0, 0.1) is 11.8 Å². The maximum atomic E-state index is 12.8. The fourth-order valence-electron chi connectivity index (χ4n) is 5.12. The number of carbonyl (C=O) groups is 1. The average molecular weight is 392 g/mol. The normalized spacial score (nSPS) is 27.6. The zero-order chi connectivity index (χ0) is 19.9. The first-order valence-electron chi connectivity index (χ1n) is 11.6. The summed E-state index contributed by atoms with van der Waals surface area (Å²) in [6, 6.07) is 0.919. The summed E-state index contributed by atoms with van der Waals surface area (Å²) in [4.78, 5) is 21.9. The second kappa shape index (κ2) is 10.5. The maximum absolute atomic E-state index is 12.8. The standard InChI is InChI=1S/C22H41N5O/c1-17(2)15-26-12-7-10-20(26)14-24-22(23-3)25-19-11-13-27(16-19)21(28)18-8-5-4-6-9-18/h17-20H,4-16H2,1-3H3,(H2,23,24,25)/t19?,20-/m1/s1. The molecule has 1 aliphatic carbocycles. The molecule has 160 valence electrons. The van der Waals surface area contributed by atoms with Gasteiger partial charge >= 0.3 is 0 Å². The van der Waals surface area contributed by atoms with Gasteiger partial charge in [0.05, 0.1) is 0 Å². The molecule has 0 bridgehead atoms. The lowest BCUT2D eigenvalue weighted by atomic mass is 9.88. The van der Waals surface area contributed by atoms with Crippen molar-refractivity contribution in [1.29, 1.82) is 0 Å². The summed E-state index contributed by atoms with van der Waals surface area (Å²) in [6.07, 6.45) is 9.49.